The summed E-state index contributed by atoms with van der Waals surface area (Å²) in [5.41, 5.74) is 7.56. The maximum absolute atomic E-state index is 12.3. The van der Waals surface area contributed by atoms with Crippen molar-refractivity contribution in [1.29, 1.82) is 0 Å². The van der Waals surface area contributed by atoms with Crippen LogP contribution in [0.25, 0.3) is 11.2 Å². The van der Waals surface area contributed by atoms with Gasteiger partial charge < -0.3 is 16.0 Å². The van der Waals surface area contributed by atoms with Crippen LogP contribution in [0.15, 0.2) is 41.3 Å². The highest BCUT2D eigenvalue weighted by molar-refractivity contribution is 5.71. The summed E-state index contributed by atoms with van der Waals surface area (Å²) in [6.45, 7) is 3.29. The molecule has 1 aromatic carbocycles. The minimum Gasteiger partial charge on any atom is -0.354 e. The Morgan fingerprint density at radius 3 is 2.87 bits per heavy atom. The van der Waals surface area contributed by atoms with E-state index < -0.39 is 0 Å². The molecule has 3 rings (SSSR count). The normalized spacial score (nSPS) is 12.4. The average molecular weight is 312 g/mol. The lowest BCUT2D eigenvalue weighted by atomic mass is 10.1. The molecule has 0 aliphatic rings. The van der Waals surface area contributed by atoms with Crippen molar-refractivity contribution in [3.63, 3.8) is 0 Å². The number of H-pyrrole nitrogens is 1. The van der Waals surface area contributed by atoms with Crippen molar-refractivity contribution in [2.45, 2.75) is 19.4 Å². The van der Waals surface area contributed by atoms with Gasteiger partial charge in [0.15, 0.2) is 5.65 Å². The Hall–Kier alpha value is -2.67. The lowest BCUT2D eigenvalue weighted by molar-refractivity contribution is 0.630. The summed E-state index contributed by atoms with van der Waals surface area (Å²) in [5, 5.41) is 3.12. The van der Waals surface area contributed by atoms with Gasteiger partial charge in [-0.3, -0.25) is 4.57 Å². The van der Waals surface area contributed by atoms with E-state index >= 15 is 0 Å². The number of imidazole rings is 1. The molecule has 3 aromatic rings. The maximum Gasteiger partial charge on any atom is 0.328 e. The van der Waals surface area contributed by atoms with Gasteiger partial charge in [0.05, 0.1) is 12.2 Å². The van der Waals surface area contributed by atoms with Crippen molar-refractivity contribution in [1.82, 2.24) is 19.5 Å². The molecule has 0 amide bonds. The molecule has 0 bridgehead atoms. The smallest absolute Gasteiger partial charge is 0.328 e. The highest BCUT2D eigenvalue weighted by Gasteiger charge is 2.16. The molecule has 2 heterocycles. The van der Waals surface area contributed by atoms with E-state index in [1.165, 1.54) is 0 Å². The van der Waals surface area contributed by atoms with Crippen molar-refractivity contribution < 1.29 is 0 Å². The molecule has 4 N–H and O–H groups in total. The fourth-order valence-corrected chi connectivity index (χ4v) is 2.54. The monoisotopic (exact) mass is 312 g/mol. The molecule has 0 aliphatic carbocycles. The Morgan fingerprint density at radius 1 is 1.35 bits per heavy atom. The quantitative estimate of drug-likeness (QED) is 0.599. The van der Waals surface area contributed by atoms with Gasteiger partial charge in [0.2, 0.25) is 5.95 Å². The van der Waals surface area contributed by atoms with Crippen molar-refractivity contribution in [3.05, 3.63) is 52.6 Å². The number of nitrogens with two attached hydrogens (primary N) is 1. The number of aromatic amines is 1. The minimum atomic E-state index is -0.190. The van der Waals surface area contributed by atoms with Gasteiger partial charge in [-0.1, -0.05) is 30.3 Å². The molecule has 0 saturated carbocycles. The standard InChI is InChI=1S/C16H20N6O/c1-11(12-6-3-2-4-7-12)22-14-13(20-16(22)23)10-19-15(21-14)18-9-5-8-17/h2-4,6-7,10-11H,5,8-9,17H2,1H3,(H,20,23)(H,18,19,21). The van der Waals surface area contributed by atoms with E-state index in [2.05, 4.69) is 20.3 Å². The van der Waals surface area contributed by atoms with Gasteiger partial charge in [-0.05, 0) is 25.5 Å². The molecular formula is C16H20N6O. The first kappa shape index (κ1) is 15.2. The lowest BCUT2D eigenvalue weighted by Gasteiger charge is -2.13. The van der Waals surface area contributed by atoms with Crippen LogP contribution in [0.3, 0.4) is 0 Å². The summed E-state index contributed by atoms with van der Waals surface area (Å²) in [6, 6.07) is 9.75. The van der Waals surface area contributed by atoms with Crippen LogP contribution in [-0.2, 0) is 0 Å². The Balaban J connectivity index is 2.00. The number of aromatic nitrogens is 4. The molecule has 7 heteroatoms. The molecule has 0 aliphatic heterocycles. The van der Waals surface area contributed by atoms with Gasteiger partial charge >= 0.3 is 5.69 Å². The number of hydrogen-bond donors (Lipinski definition) is 3. The van der Waals surface area contributed by atoms with Crippen LogP contribution in [0.1, 0.15) is 24.9 Å². The van der Waals surface area contributed by atoms with Gasteiger partial charge in [0.1, 0.15) is 5.52 Å². The van der Waals surface area contributed by atoms with E-state index in [0.717, 1.165) is 12.0 Å². The van der Waals surface area contributed by atoms with Crippen molar-refractivity contribution >= 4 is 17.1 Å². The molecule has 0 radical (unpaired) electrons. The molecular weight excluding hydrogens is 292 g/mol. The van der Waals surface area contributed by atoms with E-state index in [4.69, 9.17) is 5.73 Å². The molecule has 0 fully saturated rings. The summed E-state index contributed by atoms with van der Waals surface area (Å²) >= 11 is 0. The van der Waals surface area contributed by atoms with Crippen LogP contribution in [0.5, 0.6) is 0 Å². The number of rotatable bonds is 6. The third kappa shape index (κ3) is 3.09. The SMILES string of the molecule is CC(c1ccccc1)n1c(=O)[nH]c2cnc(NCCCN)nc21. The first-order chi connectivity index (χ1) is 11.2. The van der Waals surface area contributed by atoms with Crippen LogP contribution in [0, 0.1) is 0 Å². The number of hydrogen-bond acceptors (Lipinski definition) is 5. The zero-order chi connectivity index (χ0) is 16.2. The van der Waals surface area contributed by atoms with E-state index in [-0.39, 0.29) is 11.7 Å². The summed E-state index contributed by atoms with van der Waals surface area (Å²) in [7, 11) is 0. The number of nitrogens with zero attached hydrogens (tertiary/aromatic N) is 3. The van der Waals surface area contributed by atoms with Crippen LogP contribution < -0.4 is 16.7 Å². The fraction of sp³-hybridized carbons (Fsp3) is 0.312. The largest absolute Gasteiger partial charge is 0.354 e. The molecule has 1 atom stereocenters. The van der Waals surface area contributed by atoms with Crippen LogP contribution in [-0.4, -0.2) is 32.6 Å². The Labute approximate surface area is 133 Å². The summed E-state index contributed by atoms with van der Waals surface area (Å²) in [5.74, 6) is 0.499. The van der Waals surface area contributed by atoms with Crippen LogP contribution in [0.4, 0.5) is 5.95 Å². The van der Waals surface area contributed by atoms with Crippen molar-refractivity contribution in [2.24, 2.45) is 5.73 Å². The zero-order valence-corrected chi connectivity index (χ0v) is 13.0. The molecule has 7 nitrogen and oxygen atoms in total. The van der Waals surface area contributed by atoms with Crippen LogP contribution >= 0.6 is 0 Å². The Morgan fingerprint density at radius 2 is 2.13 bits per heavy atom. The second kappa shape index (κ2) is 6.62. The number of nitrogens with one attached hydrogen (secondary N) is 2. The Bertz CT molecular complexity index is 839. The van der Waals surface area contributed by atoms with Gasteiger partial charge in [-0.2, -0.15) is 4.98 Å². The predicted molar refractivity (Wildman–Crippen MR) is 90.6 cm³/mol. The topological polar surface area (TPSA) is 102 Å². The van der Waals surface area contributed by atoms with Gasteiger partial charge in [-0.25, -0.2) is 9.78 Å². The van der Waals surface area contributed by atoms with E-state index in [0.29, 0.717) is 30.2 Å². The third-order valence-corrected chi connectivity index (χ3v) is 3.79. The molecule has 1 unspecified atom stereocenters. The average Bonchev–Trinajstić information content (AvgIpc) is 2.90. The maximum atomic E-state index is 12.3. The molecule has 23 heavy (non-hydrogen) atoms. The second-order valence-electron chi connectivity index (χ2n) is 5.39. The van der Waals surface area contributed by atoms with E-state index in [9.17, 15) is 4.79 Å². The summed E-state index contributed by atoms with van der Waals surface area (Å²) < 4.78 is 1.65. The zero-order valence-electron chi connectivity index (χ0n) is 13.0. The number of benzene rings is 1. The molecule has 2 aromatic heterocycles. The molecule has 0 saturated heterocycles. The second-order valence-corrected chi connectivity index (χ2v) is 5.39. The third-order valence-electron chi connectivity index (χ3n) is 3.79. The van der Waals surface area contributed by atoms with Gasteiger partial charge in [0.25, 0.3) is 0 Å². The summed E-state index contributed by atoms with van der Waals surface area (Å²) in [4.78, 5) is 23.8. The first-order valence-electron chi connectivity index (χ1n) is 7.67. The lowest BCUT2D eigenvalue weighted by Crippen LogP contribution is -2.21. The van der Waals surface area contributed by atoms with Crippen LogP contribution in [0.2, 0.25) is 0 Å². The van der Waals surface area contributed by atoms with Crippen molar-refractivity contribution in [3.8, 4) is 0 Å². The number of anilines is 1. The number of fused-ring (bicyclic) bond motifs is 1. The predicted octanol–water partition coefficient (Wildman–Crippen LogP) is 1.49. The fourth-order valence-electron chi connectivity index (χ4n) is 2.54. The first-order valence-corrected chi connectivity index (χ1v) is 7.67. The molecule has 120 valence electrons. The van der Waals surface area contributed by atoms with Crippen molar-refractivity contribution in [2.75, 3.05) is 18.4 Å². The highest BCUT2D eigenvalue weighted by atomic mass is 16.1. The van der Waals surface area contributed by atoms with Gasteiger partial charge in [-0.15, -0.1) is 0 Å². The molecule has 0 spiro atoms. The highest BCUT2D eigenvalue weighted by Crippen LogP contribution is 2.20. The summed E-state index contributed by atoms with van der Waals surface area (Å²) in [6.07, 6.45) is 2.46. The van der Waals surface area contributed by atoms with Gasteiger partial charge in [0, 0.05) is 6.54 Å². The minimum absolute atomic E-state index is 0.121. The van der Waals surface area contributed by atoms with E-state index in [1.807, 2.05) is 37.3 Å². The Kier molecular flexibility index (Phi) is 4.38. The van der Waals surface area contributed by atoms with E-state index in [1.54, 1.807) is 10.8 Å².